The van der Waals surface area contributed by atoms with E-state index in [1.165, 1.54) is 0 Å². The van der Waals surface area contributed by atoms with Crippen LogP contribution in [0.3, 0.4) is 0 Å². The zero-order chi connectivity index (χ0) is 15.8. The van der Waals surface area contributed by atoms with Crippen molar-refractivity contribution < 1.29 is 27.8 Å². The van der Waals surface area contributed by atoms with E-state index in [0.717, 1.165) is 4.90 Å². The molecule has 1 rings (SSSR count). The van der Waals surface area contributed by atoms with Crippen molar-refractivity contribution in [2.75, 3.05) is 6.54 Å². The molecule has 2 atom stereocenters. The highest BCUT2D eigenvalue weighted by atomic mass is 19.4. The van der Waals surface area contributed by atoms with Crippen LogP contribution in [0.5, 0.6) is 0 Å². The second-order valence-corrected chi connectivity index (χ2v) is 6.33. The third kappa shape index (κ3) is 3.77. The monoisotopic (exact) mass is 297 g/mol. The molecule has 1 fully saturated rings. The van der Waals surface area contributed by atoms with Crippen LogP contribution in [0.2, 0.25) is 0 Å². The maximum absolute atomic E-state index is 13.0. The van der Waals surface area contributed by atoms with Crippen molar-refractivity contribution in [3.05, 3.63) is 0 Å². The van der Waals surface area contributed by atoms with Gasteiger partial charge in [-0.1, -0.05) is 0 Å². The van der Waals surface area contributed by atoms with Gasteiger partial charge in [0, 0.05) is 6.54 Å². The second-order valence-electron chi connectivity index (χ2n) is 6.33. The molecule has 0 bridgehead atoms. The molecule has 0 aromatic rings. The number of amides is 1. The first-order valence-corrected chi connectivity index (χ1v) is 6.65. The number of ether oxygens (including phenoxy) is 1. The van der Waals surface area contributed by atoms with E-state index in [-0.39, 0.29) is 13.0 Å². The van der Waals surface area contributed by atoms with Crippen molar-refractivity contribution >= 4 is 6.09 Å². The fraction of sp³-hybridized carbons (Fsp3) is 0.923. The first-order valence-electron chi connectivity index (χ1n) is 6.65. The summed E-state index contributed by atoms with van der Waals surface area (Å²) in [4.78, 5) is 13.0. The highest BCUT2D eigenvalue weighted by Crippen LogP contribution is 2.38. The number of rotatable bonds is 1. The quantitative estimate of drug-likeness (QED) is 0.809. The van der Waals surface area contributed by atoms with Crippen molar-refractivity contribution in [3.63, 3.8) is 0 Å². The number of halogens is 3. The van der Waals surface area contributed by atoms with Crippen LogP contribution < -0.4 is 0 Å². The van der Waals surface area contributed by atoms with Gasteiger partial charge < -0.3 is 14.7 Å². The molecule has 1 aliphatic heterocycles. The molecule has 20 heavy (non-hydrogen) atoms. The van der Waals surface area contributed by atoms with E-state index in [9.17, 15) is 23.1 Å². The summed E-state index contributed by atoms with van der Waals surface area (Å²) in [6.07, 6.45) is -4.37. The Bertz CT molecular complexity index is 361. The van der Waals surface area contributed by atoms with Gasteiger partial charge in [0.1, 0.15) is 5.60 Å². The molecular weight excluding hydrogens is 275 g/mol. The molecule has 0 aromatic carbocycles. The van der Waals surface area contributed by atoms with Crippen LogP contribution in [0.15, 0.2) is 0 Å². The van der Waals surface area contributed by atoms with Gasteiger partial charge in [0.05, 0.1) is 6.04 Å². The zero-order valence-corrected chi connectivity index (χ0v) is 12.3. The van der Waals surface area contributed by atoms with Gasteiger partial charge in [-0.15, -0.1) is 0 Å². The first-order chi connectivity index (χ1) is 8.86. The van der Waals surface area contributed by atoms with Gasteiger partial charge in [0.15, 0.2) is 5.60 Å². The Kier molecular flexibility index (Phi) is 4.63. The average molecular weight is 297 g/mol. The molecule has 0 unspecified atom stereocenters. The SMILES string of the molecule is CC(C)(C)OC(=O)N1CCCC[C@H]1[C@](C)(O)C(F)(F)F. The number of alkyl halides is 3. The molecule has 1 N–H and O–H groups in total. The Morgan fingerprint density at radius 2 is 1.75 bits per heavy atom. The Labute approximate surface area is 116 Å². The molecule has 1 saturated heterocycles. The Balaban J connectivity index is 2.95. The van der Waals surface area contributed by atoms with Crippen LogP contribution in [-0.2, 0) is 4.74 Å². The van der Waals surface area contributed by atoms with Crippen LogP contribution in [0, 0.1) is 0 Å². The van der Waals surface area contributed by atoms with Gasteiger partial charge in [0.2, 0.25) is 0 Å². The van der Waals surface area contributed by atoms with Crippen LogP contribution in [0.1, 0.15) is 47.0 Å². The van der Waals surface area contributed by atoms with E-state index in [2.05, 4.69) is 0 Å². The maximum atomic E-state index is 13.0. The third-order valence-electron chi connectivity index (χ3n) is 3.35. The molecule has 0 spiro atoms. The summed E-state index contributed by atoms with van der Waals surface area (Å²) >= 11 is 0. The first kappa shape index (κ1) is 17.1. The van der Waals surface area contributed by atoms with Gasteiger partial charge >= 0.3 is 12.3 Å². The van der Waals surface area contributed by atoms with Crippen LogP contribution >= 0.6 is 0 Å². The number of likely N-dealkylation sites (tertiary alicyclic amines) is 1. The van der Waals surface area contributed by atoms with E-state index in [4.69, 9.17) is 4.74 Å². The fourth-order valence-electron chi connectivity index (χ4n) is 2.24. The lowest BCUT2D eigenvalue weighted by Gasteiger charge is -2.44. The number of piperidine rings is 1. The number of hydrogen-bond donors (Lipinski definition) is 1. The standard InChI is InChI=1S/C13H22F3NO3/c1-11(2,3)20-10(18)17-8-6-5-7-9(17)12(4,19)13(14,15)16/h9,19H,5-8H2,1-4H3/t9-,12-/m0/s1. The molecule has 1 heterocycles. The highest BCUT2D eigenvalue weighted by molar-refractivity contribution is 5.69. The van der Waals surface area contributed by atoms with E-state index in [1.54, 1.807) is 20.8 Å². The van der Waals surface area contributed by atoms with Crippen molar-refractivity contribution in [2.45, 2.75) is 70.4 Å². The summed E-state index contributed by atoms with van der Waals surface area (Å²) in [5, 5.41) is 9.82. The van der Waals surface area contributed by atoms with Crippen molar-refractivity contribution in [3.8, 4) is 0 Å². The molecule has 7 heteroatoms. The summed E-state index contributed by atoms with van der Waals surface area (Å²) in [5.41, 5.74) is -3.73. The molecule has 0 aromatic heterocycles. The van der Waals surface area contributed by atoms with Crippen LogP contribution in [0.25, 0.3) is 0 Å². The normalized spacial score (nSPS) is 24.2. The Hall–Kier alpha value is -0.980. The Morgan fingerprint density at radius 1 is 1.20 bits per heavy atom. The fourth-order valence-corrected chi connectivity index (χ4v) is 2.24. The second kappa shape index (κ2) is 5.42. The van der Waals surface area contributed by atoms with Gasteiger partial charge in [0.25, 0.3) is 0 Å². The molecule has 1 aliphatic rings. The minimum Gasteiger partial charge on any atom is -0.444 e. The minimum absolute atomic E-state index is 0.103. The summed E-state index contributed by atoms with van der Waals surface area (Å²) in [7, 11) is 0. The molecule has 1 amide bonds. The number of carbonyl (C=O) groups is 1. The van der Waals surface area contributed by atoms with Crippen molar-refractivity contribution in [1.29, 1.82) is 0 Å². The largest absolute Gasteiger partial charge is 0.444 e. The van der Waals surface area contributed by atoms with Gasteiger partial charge in [-0.3, -0.25) is 0 Å². The molecule has 118 valence electrons. The highest BCUT2D eigenvalue weighted by Gasteiger charge is 2.58. The predicted molar refractivity (Wildman–Crippen MR) is 67.3 cm³/mol. The lowest BCUT2D eigenvalue weighted by molar-refractivity contribution is -0.274. The van der Waals surface area contributed by atoms with E-state index in [0.29, 0.717) is 19.8 Å². The summed E-state index contributed by atoms with van der Waals surface area (Å²) in [6, 6.07) is -1.31. The summed E-state index contributed by atoms with van der Waals surface area (Å²) < 4.78 is 44.0. The van der Waals surface area contributed by atoms with Crippen LogP contribution in [-0.4, -0.2) is 46.1 Å². The topological polar surface area (TPSA) is 49.8 Å². The number of hydrogen-bond acceptors (Lipinski definition) is 3. The van der Waals surface area contributed by atoms with E-state index < -0.39 is 29.5 Å². The third-order valence-corrected chi connectivity index (χ3v) is 3.35. The van der Waals surface area contributed by atoms with E-state index in [1.807, 2.05) is 0 Å². The molecule has 4 nitrogen and oxygen atoms in total. The molecule has 0 radical (unpaired) electrons. The number of nitrogens with zero attached hydrogens (tertiary/aromatic N) is 1. The number of aliphatic hydroxyl groups is 1. The molecule has 0 saturated carbocycles. The number of carbonyl (C=O) groups excluding carboxylic acids is 1. The van der Waals surface area contributed by atoms with E-state index >= 15 is 0 Å². The van der Waals surface area contributed by atoms with Crippen LogP contribution in [0.4, 0.5) is 18.0 Å². The van der Waals surface area contributed by atoms with Crippen molar-refractivity contribution in [1.82, 2.24) is 4.90 Å². The smallest absolute Gasteiger partial charge is 0.418 e. The molecule has 0 aliphatic carbocycles. The summed E-state index contributed by atoms with van der Waals surface area (Å²) in [5.74, 6) is 0. The predicted octanol–water partition coefficient (Wildman–Crippen LogP) is 3.09. The lowest BCUT2D eigenvalue weighted by atomic mass is 9.87. The Morgan fingerprint density at radius 3 is 2.20 bits per heavy atom. The molecular formula is C13H22F3NO3. The average Bonchev–Trinajstić information content (AvgIpc) is 2.25. The summed E-state index contributed by atoms with van der Waals surface area (Å²) in [6.45, 7) is 5.80. The zero-order valence-electron chi connectivity index (χ0n) is 12.3. The van der Waals surface area contributed by atoms with Gasteiger partial charge in [-0.25, -0.2) is 4.79 Å². The maximum Gasteiger partial charge on any atom is 0.418 e. The minimum atomic E-state index is -4.80. The lowest BCUT2D eigenvalue weighted by Crippen LogP contribution is -2.62. The van der Waals surface area contributed by atoms with Gasteiger partial charge in [-0.2, -0.15) is 13.2 Å². The van der Waals surface area contributed by atoms with Crippen molar-refractivity contribution in [2.24, 2.45) is 0 Å². The van der Waals surface area contributed by atoms with Gasteiger partial charge in [-0.05, 0) is 47.0 Å².